The fourth-order valence-corrected chi connectivity index (χ4v) is 2.96. The van der Waals surface area contributed by atoms with E-state index in [-0.39, 0.29) is 0 Å². The number of nitrogens with one attached hydrogen (secondary N) is 1. The Labute approximate surface area is 89.1 Å². The molecule has 1 saturated heterocycles. The Balaban J connectivity index is 2.02. The summed E-state index contributed by atoms with van der Waals surface area (Å²) in [7, 11) is 4.16. The topological polar surface area (TPSA) is 28.2 Å². The molecule has 1 aromatic heterocycles. The Morgan fingerprint density at radius 1 is 1.71 bits per heavy atom. The first kappa shape index (κ1) is 10.1. The van der Waals surface area contributed by atoms with Crippen molar-refractivity contribution in [1.29, 1.82) is 0 Å². The highest BCUT2D eigenvalue weighted by molar-refractivity contribution is 7.11. The van der Waals surface area contributed by atoms with Gasteiger partial charge in [0.25, 0.3) is 0 Å². The molecule has 1 aliphatic heterocycles. The number of likely N-dealkylation sites (N-methyl/N-ethyl adjacent to an activating group) is 1. The summed E-state index contributed by atoms with van der Waals surface area (Å²) in [6, 6.07) is 0. The molecule has 1 aliphatic rings. The van der Waals surface area contributed by atoms with Gasteiger partial charge in [0.05, 0.1) is 5.01 Å². The molecule has 1 atom stereocenters. The Morgan fingerprint density at radius 3 is 3.21 bits per heavy atom. The minimum absolute atomic E-state index is 0.676. The maximum absolute atomic E-state index is 4.50. The zero-order chi connectivity index (χ0) is 9.97. The van der Waals surface area contributed by atoms with Crippen molar-refractivity contribution in [2.24, 2.45) is 0 Å². The number of thiazole rings is 1. The van der Waals surface area contributed by atoms with Crippen molar-refractivity contribution in [1.82, 2.24) is 15.2 Å². The van der Waals surface area contributed by atoms with Gasteiger partial charge in [-0.15, -0.1) is 11.3 Å². The van der Waals surface area contributed by atoms with Crippen LogP contribution in [0.1, 0.15) is 22.2 Å². The largest absolute Gasteiger partial charge is 0.315 e. The Bertz CT molecular complexity index is 297. The smallest absolute Gasteiger partial charge is 0.0972 e. The molecule has 78 valence electrons. The van der Waals surface area contributed by atoms with Crippen LogP contribution in [0.5, 0.6) is 0 Å². The summed E-state index contributed by atoms with van der Waals surface area (Å²) in [4.78, 5) is 8.23. The molecule has 0 spiro atoms. The third-order valence-electron chi connectivity index (χ3n) is 2.66. The molecule has 2 rings (SSSR count). The minimum atomic E-state index is 0.676. The maximum Gasteiger partial charge on any atom is 0.0972 e. The fourth-order valence-electron chi connectivity index (χ4n) is 1.90. The highest BCUT2D eigenvalue weighted by Crippen LogP contribution is 2.29. The van der Waals surface area contributed by atoms with Crippen molar-refractivity contribution in [2.75, 3.05) is 27.2 Å². The van der Waals surface area contributed by atoms with Crippen LogP contribution < -0.4 is 5.32 Å². The lowest BCUT2D eigenvalue weighted by atomic mass is 10.1. The van der Waals surface area contributed by atoms with Crippen molar-refractivity contribution in [3.63, 3.8) is 0 Å². The molecule has 1 N–H and O–H groups in total. The molecule has 3 nitrogen and oxygen atoms in total. The van der Waals surface area contributed by atoms with Crippen molar-refractivity contribution < 1.29 is 0 Å². The van der Waals surface area contributed by atoms with Crippen molar-refractivity contribution in [3.05, 3.63) is 16.1 Å². The Morgan fingerprint density at radius 2 is 2.57 bits per heavy atom. The SMILES string of the molecule is CNCc1cnc(C2CCN(C)C2)s1. The molecule has 4 heteroatoms. The van der Waals surface area contributed by atoms with Gasteiger partial charge in [-0.05, 0) is 27.1 Å². The fraction of sp³-hybridized carbons (Fsp3) is 0.700. The molecule has 0 radical (unpaired) electrons. The average molecular weight is 211 g/mol. The molecule has 1 unspecified atom stereocenters. The van der Waals surface area contributed by atoms with Crippen LogP contribution in [0.2, 0.25) is 0 Å². The van der Waals surface area contributed by atoms with Crippen LogP contribution in [0, 0.1) is 0 Å². The number of nitrogens with zero attached hydrogens (tertiary/aromatic N) is 2. The van der Waals surface area contributed by atoms with Gasteiger partial charge in [0.2, 0.25) is 0 Å². The summed E-state index contributed by atoms with van der Waals surface area (Å²) in [6.07, 6.45) is 3.28. The predicted octanol–water partition coefficient (Wildman–Crippen LogP) is 1.28. The van der Waals surface area contributed by atoms with Gasteiger partial charge in [0.15, 0.2) is 0 Å². The Hall–Kier alpha value is -0.450. The van der Waals surface area contributed by atoms with E-state index in [1.165, 1.54) is 29.4 Å². The summed E-state index contributed by atoms with van der Waals surface area (Å²) in [5.74, 6) is 0.676. The summed E-state index contributed by atoms with van der Waals surface area (Å²) < 4.78 is 0. The highest BCUT2D eigenvalue weighted by atomic mass is 32.1. The number of likely N-dealkylation sites (tertiary alicyclic amines) is 1. The normalized spacial score (nSPS) is 23.1. The lowest BCUT2D eigenvalue weighted by molar-refractivity contribution is 0.411. The van der Waals surface area contributed by atoms with Gasteiger partial charge in [-0.25, -0.2) is 4.98 Å². The lowest BCUT2D eigenvalue weighted by Gasteiger charge is -2.06. The van der Waals surface area contributed by atoms with E-state index < -0.39 is 0 Å². The number of hydrogen-bond acceptors (Lipinski definition) is 4. The highest BCUT2D eigenvalue weighted by Gasteiger charge is 2.23. The van der Waals surface area contributed by atoms with Gasteiger partial charge in [0, 0.05) is 30.1 Å². The molecule has 0 aliphatic carbocycles. The van der Waals surface area contributed by atoms with Crippen LogP contribution in [0.3, 0.4) is 0 Å². The molecule has 1 aromatic rings. The van der Waals surface area contributed by atoms with Gasteiger partial charge in [-0.3, -0.25) is 0 Å². The van der Waals surface area contributed by atoms with E-state index in [4.69, 9.17) is 0 Å². The first-order chi connectivity index (χ1) is 6.79. The second kappa shape index (κ2) is 4.38. The lowest BCUT2D eigenvalue weighted by Crippen LogP contribution is -2.13. The average Bonchev–Trinajstić information content (AvgIpc) is 2.74. The van der Waals surface area contributed by atoms with E-state index in [2.05, 4.69) is 22.2 Å². The number of hydrogen-bond donors (Lipinski definition) is 1. The molecule has 0 aromatic carbocycles. The molecule has 14 heavy (non-hydrogen) atoms. The van der Waals surface area contributed by atoms with E-state index >= 15 is 0 Å². The van der Waals surface area contributed by atoms with Crippen LogP contribution in [0.4, 0.5) is 0 Å². The van der Waals surface area contributed by atoms with Crippen LogP contribution in [0.25, 0.3) is 0 Å². The molecule has 0 saturated carbocycles. The van der Waals surface area contributed by atoms with Gasteiger partial charge < -0.3 is 10.2 Å². The summed E-state index contributed by atoms with van der Waals surface area (Å²) in [6.45, 7) is 3.33. The molecular formula is C10H17N3S. The first-order valence-corrected chi connectivity index (χ1v) is 5.89. The zero-order valence-corrected chi connectivity index (χ0v) is 9.60. The number of aromatic nitrogens is 1. The van der Waals surface area contributed by atoms with Gasteiger partial charge in [-0.1, -0.05) is 0 Å². The second-order valence-electron chi connectivity index (χ2n) is 3.94. The predicted molar refractivity (Wildman–Crippen MR) is 59.7 cm³/mol. The van der Waals surface area contributed by atoms with Crippen molar-refractivity contribution >= 4 is 11.3 Å². The Kier molecular flexibility index (Phi) is 3.15. The summed E-state index contributed by atoms with van der Waals surface area (Å²) in [5.41, 5.74) is 0. The van der Waals surface area contributed by atoms with Gasteiger partial charge in [-0.2, -0.15) is 0 Å². The van der Waals surface area contributed by atoms with Crippen molar-refractivity contribution in [2.45, 2.75) is 18.9 Å². The molecular weight excluding hydrogens is 194 g/mol. The maximum atomic E-state index is 4.50. The van der Waals surface area contributed by atoms with E-state index in [0.29, 0.717) is 5.92 Å². The first-order valence-electron chi connectivity index (χ1n) is 5.07. The minimum Gasteiger partial charge on any atom is -0.315 e. The van der Waals surface area contributed by atoms with Crippen molar-refractivity contribution in [3.8, 4) is 0 Å². The summed E-state index contributed by atoms with van der Waals surface area (Å²) in [5, 5.41) is 4.48. The van der Waals surface area contributed by atoms with Crippen LogP contribution in [-0.2, 0) is 6.54 Å². The quantitative estimate of drug-likeness (QED) is 0.816. The summed E-state index contributed by atoms with van der Waals surface area (Å²) >= 11 is 1.86. The third kappa shape index (κ3) is 2.13. The van der Waals surface area contributed by atoms with Crippen LogP contribution in [-0.4, -0.2) is 37.1 Å². The van der Waals surface area contributed by atoms with E-state index in [9.17, 15) is 0 Å². The zero-order valence-electron chi connectivity index (χ0n) is 8.79. The van der Waals surface area contributed by atoms with Gasteiger partial charge >= 0.3 is 0 Å². The second-order valence-corrected chi connectivity index (χ2v) is 5.09. The monoisotopic (exact) mass is 211 g/mol. The van der Waals surface area contributed by atoms with Gasteiger partial charge in [0.1, 0.15) is 0 Å². The standard InChI is InChI=1S/C10H17N3S/c1-11-5-9-6-12-10(14-9)8-3-4-13(2)7-8/h6,8,11H,3-5,7H2,1-2H3. The molecule has 1 fully saturated rings. The van der Waals surface area contributed by atoms with E-state index in [1.807, 2.05) is 24.6 Å². The number of rotatable bonds is 3. The van der Waals surface area contributed by atoms with E-state index in [1.54, 1.807) is 0 Å². The molecule has 0 amide bonds. The van der Waals surface area contributed by atoms with E-state index in [0.717, 1.165) is 6.54 Å². The third-order valence-corrected chi connectivity index (χ3v) is 3.82. The van der Waals surface area contributed by atoms with Crippen LogP contribution >= 0.6 is 11.3 Å². The molecule has 0 bridgehead atoms. The molecule has 2 heterocycles. The van der Waals surface area contributed by atoms with Crippen LogP contribution in [0.15, 0.2) is 6.20 Å².